The van der Waals surface area contributed by atoms with Crippen LogP contribution in [0.15, 0.2) is 24.3 Å². The van der Waals surface area contributed by atoms with E-state index in [2.05, 4.69) is 50.1 Å². The number of piperidine rings is 4. The number of hydrogen-bond acceptors (Lipinski definition) is 3. The molecule has 4 heteroatoms. The van der Waals surface area contributed by atoms with Gasteiger partial charge in [0, 0.05) is 37.4 Å². The van der Waals surface area contributed by atoms with Gasteiger partial charge in [-0.2, -0.15) is 0 Å². The number of rotatable bonds is 4. The number of aliphatic hydroxyl groups is 2. The number of likely N-dealkylation sites (N-methyl/N-ethyl adjacent to an activating group) is 1. The van der Waals surface area contributed by atoms with Crippen molar-refractivity contribution in [2.45, 2.75) is 81.8 Å². The van der Waals surface area contributed by atoms with Gasteiger partial charge in [-0.15, -0.1) is 0 Å². The molecule has 5 aliphatic heterocycles. The molecule has 1 aromatic rings. The van der Waals surface area contributed by atoms with Crippen LogP contribution in [0.5, 0.6) is 0 Å². The molecule has 1 saturated carbocycles. The summed E-state index contributed by atoms with van der Waals surface area (Å²) in [5.41, 5.74) is 2.56. The Morgan fingerprint density at radius 1 is 1.18 bits per heavy atom. The van der Waals surface area contributed by atoms with Crippen molar-refractivity contribution in [3.63, 3.8) is 0 Å². The highest BCUT2D eigenvalue weighted by Crippen LogP contribution is 2.71. The molecular weight excluding hydrogens is 348 g/mol. The molecule has 5 fully saturated rings. The molecule has 6 aliphatic rings. The Morgan fingerprint density at radius 3 is 2.71 bits per heavy atom. The molecule has 4 saturated heterocycles. The predicted octanol–water partition coefficient (Wildman–Crippen LogP) is 2.87. The predicted molar refractivity (Wildman–Crippen MR) is 110 cm³/mol. The van der Waals surface area contributed by atoms with Crippen LogP contribution in [0, 0.1) is 17.8 Å². The number of aliphatic hydroxyl groups excluding tert-OH is 2. The number of unbranched alkanes of at least 4 members (excludes halogenated alkanes) is 1. The Labute approximate surface area is 168 Å². The zero-order chi connectivity index (χ0) is 19.4. The Hall–Kier alpha value is -1.10. The van der Waals surface area contributed by atoms with E-state index in [-0.39, 0.29) is 17.7 Å². The van der Waals surface area contributed by atoms with E-state index in [1.54, 1.807) is 0 Å². The molecule has 2 N–H and O–H groups in total. The highest BCUT2D eigenvalue weighted by Gasteiger charge is 2.82. The third kappa shape index (κ3) is 1.61. The number of benzene rings is 1. The summed E-state index contributed by atoms with van der Waals surface area (Å²) in [7, 11) is 2.24. The van der Waals surface area contributed by atoms with Gasteiger partial charge in [-0.05, 0) is 30.4 Å². The smallest absolute Gasteiger partial charge is 0.194 e. The van der Waals surface area contributed by atoms with Crippen molar-refractivity contribution in [3.05, 3.63) is 29.8 Å². The summed E-state index contributed by atoms with van der Waals surface area (Å²) in [5.74, 6) is 1.18. The lowest BCUT2D eigenvalue weighted by molar-refractivity contribution is -1.04. The molecule has 4 nitrogen and oxygen atoms in total. The van der Waals surface area contributed by atoms with Crippen LogP contribution in [0.25, 0.3) is 0 Å². The summed E-state index contributed by atoms with van der Waals surface area (Å²) in [4.78, 5) is 2.49. The first-order valence-corrected chi connectivity index (χ1v) is 11.6. The Kier molecular flexibility index (Phi) is 3.50. The van der Waals surface area contributed by atoms with Gasteiger partial charge in [-0.1, -0.05) is 38.5 Å². The lowest BCUT2D eigenvalue weighted by Gasteiger charge is -2.68. The van der Waals surface area contributed by atoms with Crippen molar-refractivity contribution in [3.8, 4) is 0 Å². The minimum Gasteiger partial charge on any atom is -0.392 e. The summed E-state index contributed by atoms with van der Waals surface area (Å²) in [6, 6.07) is 10.00. The second-order valence-electron chi connectivity index (χ2n) is 10.4. The van der Waals surface area contributed by atoms with Gasteiger partial charge in [-0.25, -0.2) is 0 Å². The standard InChI is InChI=1S/C24H35N2O2/c1-4-6-11-26-18-12-15(14(5-2)23(26)28)20-19(26)13-24(22(20)27)16-9-7-8-10-17(16)25(3)21(18)24/h7-10,14-15,18-23,27-28H,4-6,11-13H2,1-3H3/q+1/t14-,15-,18-,19-,20-,21-,22-,23+,24+,26+/m0/s1. The summed E-state index contributed by atoms with van der Waals surface area (Å²) >= 11 is 0. The summed E-state index contributed by atoms with van der Waals surface area (Å²) in [6.45, 7) is 5.59. The third-order valence-electron chi connectivity index (χ3n) is 10.0. The molecule has 0 amide bonds. The lowest BCUT2D eigenvalue weighted by atomic mass is 9.60. The van der Waals surface area contributed by atoms with Gasteiger partial charge in [0.05, 0.1) is 30.1 Å². The van der Waals surface area contributed by atoms with Crippen molar-refractivity contribution >= 4 is 5.69 Å². The van der Waals surface area contributed by atoms with Gasteiger partial charge in [0.15, 0.2) is 6.23 Å². The van der Waals surface area contributed by atoms with Gasteiger partial charge in [0.1, 0.15) is 6.04 Å². The van der Waals surface area contributed by atoms with E-state index in [1.165, 1.54) is 30.5 Å². The first-order valence-electron chi connectivity index (χ1n) is 11.6. The fourth-order valence-corrected chi connectivity index (χ4v) is 9.27. The van der Waals surface area contributed by atoms with E-state index < -0.39 is 0 Å². The molecule has 1 aliphatic carbocycles. The molecule has 0 aromatic heterocycles. The highest BCUT2D eigenvalue weighted by atomic mass is 16.3. The molecular formula is C24H35N2O2+. The van der Waals surface area contributed by atoms with Gasteiger partial charge in [0.2, 0.25) is 0 Å². The van der Waals surface area contributed by atoms with Crippen LogP contribution in [0.1, 0.15) is 51.5 Å². The Bertz CT molecular complexity index is 814. The van der Waals surface area contributed by atoms with Crippen LogP contribution in [0.4, 0.5) is 5.69 Å². The number of hydrogen-bond donors (Lipinski definition) is 2. The lowest BCUT2D eigenvalue weighted by Crippen LogP contribution is -2.83. The quantitative estimate of drug-likeness (QED) is 0.786. The Morgan fingerprint density at radius 2 is 1.96 bits per heavy atom. The average molecular weight is 384 g/mol. The molecule has 0 unspecified atom stereocenters. The van der Waals surface area contributed by atoms with Gasteiger partial charge >= 0.3 is 0 Å². The highest BCUT2D eigenvalue weighted by molar-refractivity contribution is 5.66. The van der Waals surface area contributed by atoms with Gasteiger partial charge < -0.3 is 15.1 Å². The summed E-state index contributed by atoms with van der Waals surface area (Å²) in [5, 5.41) is 23.7. The summed E-state index contributed by atoms with van der Waals surface area (Å²) < 4.78 is 0.884. The maximum atomic E-state index is 12.0. The van der Waals surface area contributed by atoms with Gasteiger partial charge in [-0.3, -0.25) is 4.48 Å². The maximum absolute atomic E-state index is 12.0. The normalized spacial score (nSPS) is 52.2. The first-order chi connectivity index (χ1) is 13.5. The van der Waals surface area contributed by atoms with E-state index in [1.807, 2.05) is 0 Å². The van der Waals surface area contributed by atoms with Crippen LogP contribution in [0.3, 0.4) is 0 Å². The molecule has 10 atom stereocenters. The van der Waals surface area contributed by atoms with E-state index in [4.69, 9.17) is 0 Å². The zero-order valence-electron chi connectivity index (χ0n) is 17.5. The molecule has 28 heavy (non-hydrogen) atoms. The number of nitrogens with zero attached hydrogens (tertiary/aromatic N) is 2. The van der Waals surface area contributed by atoms with E-state index in [0.29, 0.717) is 35.9 Å². The molecule has 5 bridgehead atoms. The largest absolute Gasteiger partial charge is 0.392 e. The minimum atomic E-state index is -0.272. The molecule has 1 aromatic carbocycles. The maximum Gasteiger partial charge on any atom is 0.194 e. The van der Waals surface area contributed by atoms with E-state index in [9.17, 15) is 10.2 Å². The topological polar surface area (TPSA) is 43.7 Å². The second kappa shape index (κ2) is 5.53. The zero-order valence-corrected chi connectivity index (χ0v) is 17.5. The van der Waals surface area contributed by atoms with Crippen molar-refractivity contribution in [2.24, 2.45) is 17.8 Å². The SMILES string of the molecule is CCCC[N@@+]12[C@H](O)[C@@H](CC)[C@@H]3C[C@H]1[C@@H]1N(C)c4ccccc4[C@]14C[C@H]2[C@H]3[C@@H]4O. The van der Waals surface area contributed by atoms with Crippen LogP contribution < -0.4 is 4.90 Å². The van der Waals surface area contributed by atoms with Crippen LogP contribution in [0.2, 0.25) is 0 Å². The molecule has 1 spiro atoms. The molecule has 152 valence electrons. The Balaban J connectivity index is 1.59. The van der Waals surface area contributed by atoms with Gasteiger partial charge in [0.25, 0.3) is 0 Å². The third-order valence-corrected chi connectivity index (χ3v) is 10.0. The second-order valence-corrected chi connectivity index (χ2v) is 10.4. The number of fused-ring (bicyclic) bond motifs is 2. The van der Waals surface area contributed by atoms with Crippen molar-refractivity contribution in [1.82, 2.24) is 0 Å². The molecule has 5 heterocycles. The molecule has 7 rings (SSSR count). The van der Waals surface area contributed by atoms with E-state index in [0.717, 1.165) is 23.9 Å². The van der Waals surface area contributed by atoms with Crippen molar-refractivity contribution in [2.75, 3.05) is 18.5 Å². The average Bonchev–Trinajstić information content (AvgIpc) is 3.09. The van der Waals surface area contributed by atoms with Crippen LogP contribution in [-0.2, 0) is 5.41 Å². The summed E-state index contributed by atoms with van der Waals surface area (Å²) in [6.07, 6.45) is 5.09. The number of para-hydroxylation sites is 1. The fraction of sp³-hybridized carbons (Fsp3) is 0.750. The fourth-order valence-electron chi connectivity index (χ4n) is 9.27. The first kappa shape index (κ1) is 17.7. The monoisotopic (exact) mass is 383 g/mol. The van der Waals surface area contributed by atoms with Crippen molar-refractivity contribution in [1.29, 1.82) is 0 Å². The number of quaternary nitrogens is 1. The molecule has 0 radical (unpaired) electrons. The van der Waals surface area contributed by atoms with Crippen molar-refractivity contribution < 1.29 is 14.7 Å². The van der Waals surface area contributed by atoms with Crippen LogP contribution in [-0.4, -0.2) is 58.7 Å². The van der Waals surface area contributed by atoms with Crippen LogP contribution >= 0.6 is 0 Å². The number of anilines is 1. The minimum absolute atomic E-state index is 0.129. The van der Waals surface area contributed by atoms with E-state index >= 15 is 0 Å².